The van der Waals surface area contributed by atoms with Gasteiger partial charge in [0, 0.05) is 48.7 Å². The molecule has 2 amide bonds. The zero-order chi connectivity index (χ0) is 28.0. The number of fused-ring (bicyclic) bond motifs is 1. The van der Waals surface area contributed by atoms with Gasteiger partial charge in [-0.3, -0.25) is 9.59 Å². The van der Waals surface area contributed by atoms with Crippen molar-refractivity contribution in [1.82, 2.24) is 19.8 Å². The van der Waals surface area contributed by atoms with E-state index in [0.717, 1.165) is 11.2 Å². The van der Waals surface area contributed by atoms with Gasteiger partial charge in [-0.1, -0.05) is 29.8 Å². The SMILES string of the molecule is O=C(NC1CN(C(=O)c2ccc(Oc3ccc(Cl)cn3)cc2)CC12COC2)c1cc2occc2n1-c1ccccc1. The van der Waals surface area contributed by atoms with Gasteiger partial charge < -0.3 is 28.7 Å². The Balaban J connectivity index is 1.08. The maximum absolute atomic E-state index is 13.7. The van der Waals surface area contributed by atoms with Crippen molar-refractivity contribution in [2.45, 2.75) is 6.04 Å². The minimum Gasteiger partial charge on any atom is -0.463 e. The van der Waals surface area contributed by atoms with Crippen LogP contribution in [-0.4, -0.2) is 58.6 Å². The Kier molecular flexibility index (Phi) is 6.25. The number of hydrogen-bond acceptors (Lipinski definition) is 6. The summed E-state index contributed by atoms with van der Waals surface area (Å²) in [5, 5.41) is 3.74. The molecule has 5 heterocycles. The Morgan fingerprint density at radius 1 is 1.02 bits per heavy atom. The fourth-order valence-electron chi connectivity index (χ4n) is 5.55. The van der Waals surface area contributed by atoms with Gasteiger partial charge in [-0.25, -0.2) is 4.98 Å². The van der Waals surface area contributed by atoms with Crippen molar-refractivity contribution in [3.05, 3.63) is 108 Å². The highest BCUT2D eigenvalue weighted by Gasteiger charge is 2.54. The number of ether oxygens (including phenoxy) is 2. The first-order valence-corrected chi connectivity index (χ1v) is 13.6. The Labute approximate surface area is 240 Å². The molecule has 206 valence electrons. The molecular formula is C31H25ClN4O5. The molecule has 41 heavy (non-hydrogen) atoms. The van der Waals surface area contributed by atoms with Crippen LogP contribution in [0.3, 0.4) is 0 Å². The van der Waals surface area contributed by atoms with Crippen LogP contribution < -0.4 is 10.1 Å². The van der Waals surface area contributed by atoms with Gasteiger partial charge in [0.1, 0.15) is 11.4 Å². The van der Waals surface area contributed by atoms with Crippen LogP contribution in [0.1, 0.15) is 20.8 Å². The topological polar surface area (TPSA) is 98.8 Å². The third-order valence-electron chi connectivity index (χ3n) is 7.71. The molecule has 0 saturated carbocycles. The first kappa shape index (κ1) is 25.4. The number of carbonyl (C=O) groups excluding carboxylic acids is 2. The summed E-state index contributed by atoms with van der Waals surface area (Å²) in [6.45, 7) is 1.82. The molecule has 2 aliphatic rings. The average molecular weight is 569 g/mol. The van der Waals surface area contributed by atoms with E-state index in [0.29, 0.717) is 59.8 Å². The van der Waals surface area contributed by atoms with E-state index in [1.165, 1.54) is 6.20 Å². The molecule has 7 rings (SSSR count). The van der Waals surface area contributed by atoms with Crippen molar-refractivity contribution in [1.29, 1.82) is 0 Å². The second-order valence-electron chi connectivity index (χ2n) is 10.4. The van der Waals surface area contributed by atoms with Gasteiger partial charge in [-0.05, 0) is 42.5 Å². The maximum atomic E-state index is 13.7. The summed E-state index contributed by atoms with van der Waals surface area (Å²) < 4.78 is 18.8. The van der Waals surface area contributed by atoms with Crippen molar-refractivity contribution in [3.63, 3.8) is 0 Å². The number of carbonyl (C=O) groups is 2. The monoisotopic (exact) mass is 568 g/mol. The van der Waals surface area contributed by atoms with Crippen molar-refractivity contribution in [2.24, 2.45) is 5.41 Å². The van der Waals surface area contributed by atoms with Gasteiger partial charge in [0.2, 0.25) is 5.88 Å². The molecule has 1 N–H and O–H groups in total. The number of nitrogens with zero attached hydrogens (tertiary/aromatic N) is 3. The molecule has 2 aromatic carbocycles. The highest BCUT2D eigenvalue weighted by molar-refractivity contribution is 6.30. The van der Waals surface area contributed by atoms with E-state index in [4.69, 9.17) is 25.5 Å². The lowest BCUT2D eigenvalue weighted by atomic mass is 9.81. The van der Waals surface area contributed by atoms with E-state index < -0.39 is 0 Å². The summed E-state index contributed by atoms with van der Waals surface area (Å²) in [5.74, 6) is 0.612. The molecule has 0 aliphatic carbocycles. The number of benzene rings is 2. The third kappa shape index (κ3) is 4.63. The van der Waals surface area contributed by atoms with Crippen molar-refractivity contribution in [2.75, 3.05) is 26.3 Å². The molecule has 10 heteroatoms. The third-order valence-corrected chi connectivity index (χ3v) is 7.94. The second kappa shape index (κ2) is 10.1. The zero-order valence-corrected chi connectivity index (χ0v) is 22.6. The van der Waals surface area contributed by atoms with Gasteiger partial charge in [0.15, 0.2) is 5.58 Å². The van der Waals surface area contributed by atoms with Crippen molar-refractivity contribution in [3.8, 4) is 17.3 Å². The van der Waals surface area contributed by atoms with Crippen LogP contribution in [0.15, 0.2) is 95.7 Å². The van der Waals surface area contributed by atoms with Crippen LogP contribution in [0, 0.1) is 5.41 Å². The predicted molar refractivity (Wildman–Crippen MR) is 152 cm³/mol. The molecule has 2 fully saturated rings. The molecule has 1 unspecified atom stereocenters. The van der Waals surface area contributed by atoms with E-state index in [9.17, 15) is 9.59 Å². The highest BCUT2D eigenvalue weighted by Crippen LogP contribution is 2.39. The van der Waals surface area contributed by atoms with Crippen LogP contribution in [0.4, 0.5) is 0 Å². The van der Waals surface area contributed by atoms with Crippen LogP contribution in [-0.2, 0) is 4.74 Å². The zero-order valence-electron chi connectivity index (χ0n) is 21.8. The predicted octanol–water partition coefficient (Wildman–Crippen LogP) is 5.34. The van der Waals surface area contributed by atoms with E-state index in [-0.39, 0.29) is 23.3 Å². The van der Waals surface area contributed by atoms with Crippen LogP contribution >= 0.6 is 11.6 Å². The van der Waals surface area contributed by atoms with Gasteiger partial charge >= 0.3 is 0 Å². The number of rotatable bonds is 6. The summed E-state index contributed by atoms with van der Waals surface area (Å²) in [4.78, 5) is 33.1. The number of pyridine rings is 1. The van der Waals surface area contributed by atoms with E-state index in [1.807, 2.05) is 41.0 Å². The minimum absolute atomic E-state index is 0.116. The van der Waals surface area contributed by atoms with Gasteiger partial charge in [-0.2, -0.15) is 0 Å². The van der Waals surface area contributed by atoms with Gasteiger partial charge in [0.25, 0.3) is 11.8 Å². The number of aromatic nitrogens is 2. The molecule has 2 saturated heterocycles. The Hall–Kier alpha value is -4.60. The van der Waals surface area contributed by atoms with Gasteiger partial charge in [-0.15, -0.1) is 0 Å². The number of hydrogen-bond donors (Lipinski definition) is 1. The summed E-state index contributed by atoms with van der Waals surface area (Å²) in [6.07, 6.45) is 3.12. The van der Waals surface area contributed by atoms with E-state index >= 15 is 0 Å². The quantitative estimate of drug-likeness (QED) is 0.297. The first-order valence-electron chi connectivity index (χ1n) is 13.2. The fourth-order valence-corrected chi connectivity index (χ4v) is 5.66. The van der Waals surface area contributed by atoms with E-state index in [2.05, 4.69) is 10.3 Å². The molecule has 0 radical (unpaired) electrons. The first-order chi connectivity index (χ1) is 20.0. The normalized spacial score (nSPS) is 17.5. The van der Waals surface area contributed by atoms with Crippen LogP contribution in [0.25, 0.3) is 16.8 Å². The standard InChI is InChI=1S/C31H25ClN4O5/c32-21-8-11-28(33-15-21)41-23-9-6-20(7-10-23)30(38)35-16-27(31(17-35)18-39-19-31)34-29(37)25-14-26-24(12-13-40-26)36(25)22-4-2-1-3-5-22/h1-15,27H,16-19H2,(H,34,37). The summed E-state index contributed by atoms with van der Waals surface area (Å²) in [7, 11) is 0. The molecule has 2 aliphatic heterocycles. The largest absolute Gasteiger partial charge is 0.463 e. The smallest absolute Gasteiger partial charge is 0.268 e. The number of furan rings is 1. The lowest BCUT2D eigenvalue weighted by Crippen LogP contribution is -2.57. The lowest BCUT2D eigenvalue weighted by molar-refractivity contribution is -0.114. The number of para-hydroxylation sites is 1. The summed E-state index contributed by atoms with van der Waals surface area (Å²) >= 11 is 5.88. The molecular weight excluding hydrogens is 544 g/mol. The lowest BCUT2D eigenvalue weighted by Gasteiger charge is -2.42. The molecule has 1 atom stereocenters. The van der Waals surface area contributed by atoms with Gasteiger partial charge in [0.05, 0.1) is 41.5 Å². The molecule has 0 bridgehead atoms. The molecule has 5 aromatic rings. The Morgan fingerprint density at radius 2 is 1.83 bits per heavy atom. The van der Waals surface area contributed by atoms with Crippen molar-refractivity contribution >= 4 is 34.5 Å². The maximum Gasteiger partial charge on any atom is 0.268 e. The Bertz CT molecular complexity index is 1730. The van der Waals surface area contributed by atoms with Crippen LogP contribution in [0.5, 0.6) is 11.6 Å². The number of likely N-dealkylation sites (tertiary alicyclic amines) is 1. The average Bonchev–Trinajstić information content (AvgIpc) is 3.68. The summed E-state index contributed by atoms with van der Waals surface area (Å²) in [5.41, 5.74) is 2.96. The fraction of sp³-hybridized carbons (Fsp3) is 0.194. The van der Waals surface area contributed by atoms with Crippen LogP contribution in [0.2, 0.25) is 5.02 Å². The van der Waals surface area contributed by atoms with Crippen molar-refractivity contribution < 1.29 is 23.5 Å². The highest BCUT2D eigenvalue weighted by atomic mass is 35.5. The molecule has 9 nitrogen and oxygen atoms in total. The second-order valence-corrected chi connectivity index (χ2v) is 10.8. The number of halogens is 1. The van der Waals surface area contributed by atoms with E-state index in [1.54, 1.807) is 53.6 Å². The minimum atomic E-state index is -0.335. The Morgan fingerprint density at radius 3 is 2.54 bits per heavy atom. The number of nitrogens with one attached hydrogen (secondary N) is 1. The molecule has 3 aromatic heterocycles. The summed E-state index contributed by atoms with van der Waals surface area (Å²) in [6, 6.07) is 23.3. The number of amides is 2. The molecule has 1 spiro atoms.